The van der Waals surface area contributed by atoms with Gasteiger partial charge >= 0.3 is 0 Å². The second-order valence-corrected chi connectivity index (χ2v) is 3.67. The monoisotopic (exact) mass is 243 g/mol. The Bertz CT molecular complexity index is 383. The molecule has 0 saturated heterocycles. The molecule has 1 aromatic rings. The summed E-state index contributed by atoms with van der Waals surface area (Å²) in [5.74, 6) is -0.224. The molecule has 0 aliphatic heterocycles. The van der Waals surface area contributed by atoms with Crippen molar-refractivity contribution in [1.82, 2.24) is 4.98 Å². The van der Waals surface area contributed by atoms with Crippen molar-refractivity contribution in [2.24, 2.45) is 0 Å². The first-order chi connectivity index (χ1) is 6.18. The molecule has 2 rings (SSSR count). The highest BCUT2D eigenvalue weighted by molar-refractivity contribution is 9.10. The maximum absolute atomic E-state index is 12.8. The summed E-state index contributed by atoms with van der Waals surface area (Å²) in [7, 11) is 0. The van der Waals surface area contributed by atoms with Crippen molar-refractivity contribution < 1.29 is 9.50 Å². The third-order valence-electron chi connectivity index (χ3n) is 1.88. The van der Waals surface area contributed by atoms with Gasteiger partial charge in [-0.05, 0) is 46.5 Å². The van der Waals surface area contributed by atoms with Crippen LogP contribution < -0.4 is 0 Å². The minimum absolute atomic E-state index is 0.137. The first kappa shape index (κ1) is 8.69. The van der Waals surface area contributed by atoms with Crippen molar-refractivity contribution >= 4 is 21.7 Å². The van der Waals surface area contributed by atoms with E-state index in [-0.39, 0.29) is 10.4 Å². The van der Waals surface area contributed by atoms with E-state index in [1.807, 2.05) is 0 Å². The number of aliphatic hydroxyl groups excluding tert-OH is 1. The maximum Gasteiger partial charge on any atom is 0.156 e. The lowest BCUT2D eigenvalue weighted by Crippen LogP contribution is -1.91. The second-order valence-electron chi connectivity index (χ2n) is 2.92. The van der Waals surface area contributed by atoms with Gasteiger partial charge in [0.2, 0.25) is 0 Å². The van der Waals surface area contributed by atoms with E-state index in [2.05, 4.69) is 20.9 Å². The minimum atomic E-state index is -0.419. The van der Waals surface area contributed by atoms with Gasteiger partial charge in [-0.15, -0.1) is 0 Å². The number of aromatic nitrogens is 1. The van der Waals surface area contributed by atoms with Crippen LogP contribution in [0.3, 0.4) is 0 Å². The Labute approximate surface area is 83.2 Å². The highest BCUT2D eigenvalue weighted by Gasteiger charge is 2.19. The Morgan fingerprint density at radius 1 is 1.46 bits per heavy atom. The molecule has 2 nitrogen and oxygen atoms in total. The average Bonchev–Trinajstić information content (AvgIpc) is 2.91. The molecule has 1 aromatic heterocycles. The first-order valence-electron chi connectivity index (χ1n) is 3.92. The standard InChI is InChI=1S/C9H7BrFNO/c10-9-6(11)3-4-7(12-9)8(13)5-1-2-5/h3-4,13H,1-2H2. The van der Waals surface area contributed by atoms with Gasteiger partial charge in [0.15, 0.2) is 5.82 Å². The van der Waals surface area contributed by atoms with Crippen LogP contribution in [0.15, 0.2) is 22.3 Å². The third-order valence-corrected chi connectivity index (χ3v) is 2.44. The van der Waals surface area contributed by atoms with Crippen LogP contribution in [0.2, 0.25) is 0 Å². The van der Waals surface area contributed by atoms with Gasteiger partial charge in [0.05, 0.1) is 0 Å². The zero-order chi connectivity index (χ0) is 9.42. The molecule has 0 bridgehead atoms. The summed E-state index contributed by atoms with van der Waals surface area (Å²) in [4.78, 5) is 3.87. The number of halogens is 2. The summed E-state index contributed by atoms with van der Waals surface area (Å²) in [5, 5.41) is 9.55. The molecule has 0 unspecified atom stereocenters. The molecule has 0 spiro atoms. The Morgan fingerprint density at radius 2 is 2.15 bits per heavy atom. The van der Waals surface area contributed by atoms with Crippen molar-refractivity contribution in [3.63, 3.8) is 0 Å². The molecule has 0 atom stereocenters. The third kappa shape index (κ3) is 1.72. The zero-order valence-electron chi connectivity index (χ0n) is 6.72. The van der Waals surface area contributed by atoms with Gasteiger partial charge in [0.25, 0.3) is 0 Å². The molecular weight excluding hydrogens is 237 g/mol. The number of aliphatic hydroxyl groups is 1. The highest BCUT2D eigenvalue weighted by Crippen LogP contribution is 2.34. The molecule has 1 N–H and O–H groups in total. The van der Waals surface area contributed by atoms with Gasteiger partial charge < -0.3 is 5.11 Å². The van der Waals surface area contributed by atoms with Crippen LogP contribution in [0, 0.1) is 5.82 Å². The number of pyridine rings is 1. The summed E-state index contributed by atoms with van der Waals surface area (Å²) < 4.78 is 12.9. The van der Waals surface area contributed by atoms with Crippen LogP contribution in [-0.4, -0.2) is 10.1 Å². The summed E-state index contributed by atoms with van der Waals surface area (Å²) in [6.45, 7) is 0. The number of allylic oxidation sites excluding steroid dienone is 1. The van der Waals surface area contributed by atoms with E-state index in [0.29, 0.717) is 5.69 Å². The summed E-state index contributed by atoms with van der Waals surface area (Å²) in [6.07, 6.45) is 1.84. The van der Waals surface area contributed by atoms with Gasteiger partial charge in [-0.2, -0.15) is 0 Å². The van der Waals surface area contributed by atoms with Crippen LogP contribution in [0.25, 0.3) is 5.76 Å². The number of nitrogens with zero attached hydrogens (tertiary/aromatic N) is 1. The first-order valence-corrected chi connectivity index (χ1v) is 4.71. The van der Waals surface area contributed by atoms with E-state index >= 15 is 0 Å². The molecule has 4 heteroatoms. The SMILES string of the molecule is OC(=C1CC1)c1ccc(F)c(Br)n1. The lowest BCUT2D eigenvalue weighted by molar-refractivity contribution is 0.505. The summed E-state index contributed by atoms with van der Waals surface area (Å²) in [5.41, 5.74) is 1.42. The van der Waals surface area contributed by atoms with E-state index in [9.17, 15) is 9.50 Å². The molecule has 1 fully saturated rings. The molecule has 1 heterocycles. The quantitative estimate of drug-likeness (QED) is 0.608. The van der Waals surface area contributed by atoms with Crippen LogP contribution in [-0.2, 0) is 0 Å². The Morgan fingerprint density at radius 3 is 2.69 bits per heavy atom. The van der Waals surface area contributed by atoms with Crippen molar-refractivity contribution in [3.05, 3.63) is 33.8 Å². The van der Waals surface area contributed by atoms with Crippen LogP contribution in [0.5, 0.6) is 0 Å². The predicted molar refractivity (Wildman–Crippen MR) is 50.7 cm³/mol. The normalized spacial score (nSPS) is 14.5. The molecule has 0 aromatic carbocycles. The smallest absolute Gasteiger partial charge is 0.156 e. The van der Waals surface area contributed by atoms with Crippen molar-refractivity contribution in [2.75, 3.05) is 0 Å². The van der Waals surface area contributed by atoms with Crippen LogP contribution in [0.1, 0.15) is 18.5 Å². The van der Waals surface area contributed by atoms with Crippen LogP contribution >= 0.6 is 15.9 Å². The van der Waals surface area contributed by atoms with E-state index < -0.39 is 5.82 Å². The predicted octanol–water partition coefficient (Wildman–Crippen LogP) is 3.05. The molecular formula is C9H7BrFNO. The molecule has 0 amide bonds. The second kappa shape index (κ2) is 3.10. The van der Waals surface area contributed by atoms with E-state index in [1.165, 1.54) is 12.1 Å². The summed E-state index contributed by atoms with van der Waals surface area (Å²) >= 11 is 2.96. The highest BCUT2D eigenvalue weighted by atomic mass is 79.9. The van der Waals surface area contributed by atoms with Gasteiger partial charge in [-0.1, -0.05) is 0 Å². The maximum atomic E-state index is 12.8. The molecule has 1 aliphatic carbocycles. The Kier molecular flexibility index (Phi) is 2.07. The van der Waals surface area contributed by atoms with Gasteiger partial charge in [0.1, 0.15) is 16.1 Å². The molecule has 1 saturated carbocycles. The van der Waals surface area contributed by atoms with E-state index in [4.69, 9.17) is 0 Å². The minimum Gasteiger partial charge on any atom is -0.506 e. The molecule has 0 radical (unpaired) electrons. The largest absolute Gasteiger partial charge is 0.506 e. The topological polar surface area (TPSA) is 33.1 Å². The fourth-order valence-electron chi connectivity index (χ4n) is 1.03. The molecule has 1 aliphatic rings. The Balaban J connectivity index is 2.42. The van der Waals surface area contributed by atoms with Crippen molar-refractivity contribution in [3.8, 4) is 0 Å². The number of rotatable bonds is 1. The molecule has 13 heavy (non-hydrogen) atoms. The fraction of sp³-hybridized carbons (Fsp3) is 0.222. The van der Waals surface area contributed by atoms with Gasteiger partial charge in [0, 0.05) is 0 Å². The van der Waals surface area contributed by atoms with E-state index in [1.54, 1.807) is 0 Å². The van der Waals surface area contributed by atoms with Gasteiger partial charge in [-0.3, -0.25) is 0 Å². The van der Waals surface area contributed by atoms with E-state index in [0.717, 1.165) is 18.4 Å². The fourth-order valence-corrected chi connectivity index (χ4v) is 1.35. The lowest BCUT2D eigenvalue weighted by atomic mass is 10.3. The van der Waals surface area contributed by atoms with Crippen molar-refractivity contribution in [2.45, 2.75) is 12.8 Å². The number of hydrogen-bond donors (Lipinski definition) is 1. The van der Waals surface area contributed by atoms with Crippen LogP contribution in [0.4, 0.5) is 4.39 Å². The summed E-state index contributed by atoms with van der Waals surface area (Å²) in [6, 6.07) is 2.76. The van der Waals surface area contributed by atoms with Gasteiger partial charge in [-0.25, -0.2) is 9.37 Å². The number of hydrogen-bond acceptors (Lipinski definition) is 2. The zero-order valence-corrected chi connectivity index (χ0v) is 8.31. The average molecular weight is 244 g/mol. The Hall–Kier alpha value is -0.900. The molecule has 68 valence electrons. The lowest BCUT2D eigenvalue weighted by Gasteiger charge is -1.99. The van der Waals surface area contributed by atoms with Crippen molar-refractivity contribution in [1.29, 1.82) is 0 Å².